The summed E-state index contributed by atoms with van der Waals surface area (Å²) in [7, 11) is 3.64. The molecule has 1 unspecified atom stereocenters. The molecule has 1 N–H and O–H groups in total. The Morgan fingerprint density at radius 1 is 1.25 bits per heavy atom. The Morgan fingerprint density at radius 3 is 2.92 bits per heavy atom. The fraction of sp³-hybridized carbons (Fsp3) is 0.450. The van der Waals surface area contributed by atoms with Crippen LogP contribution in [-0.4, -0.2) is 51.3 Å². The van der Waals surface area contributed by atoms with E-state index >= 15 is 0 Å². The molecule has 0 saturated carbocycles. The summed E-state index contributed by atoms with van der Waals surface area (Å²) in [6.07, 6.45) is 2.17. The Kier molecular flexibility index (Phi) is 5.70. The van der Waals surface area contributed by atoms with Gasteiger partial charge in [-0.3, -0.25) is 4.99 Å². The third-order valence-corrected chi connectivity index (χ3v) is 4.76. The first-order valence-electron chi connectivity index (χ1n) is 8.73. The average molecular weight is 325 g/mol. The highest BCUT2D eigenvalue weighted by Gasteiger charge is 2.24. The number of rotatable bonds is 5. The first kappa shape index (κ1) is 16.8. The van der Waals surface area contributed by atoms with E-state index in [4.69, 9.17) is 4.74 Å². The molecule has 128 valence electrons. The van der Waals surface area contributed by atoms with Crippen LogP contribution < -0.4 is 5.32 Å². The molecule has 1 heterocycles. The SMILES string of the molecule is CN=C(NCCc1cccc2ccccc12)N1CCC(COC)C1. The van der Waals surface area contributed by atoms with Crippen LogP contribution in [0.3, 0.4) is 0 Å². The lowest BCUT2D eigenvalue weighted by Crippen LogP contribution is -2.41. The maximum atomic E-state index is 5.28. The van der Waals surface area contributed by atoms with Gasteiger partial charge < -0.3 is 15.0 Å². The van der Waals surface area contributed by atoms with Gasteiger partial charge in [-0.05, 0) is 29.2 Å². The van der Waals surface area contributed by atoms with Crippen LogP contribution in [0.1, 0.15) is 12.0 Å². The number of methoxy groups -OCH3 is 1. The van der Waals surface area contributed by atoms with E-state index in [9.17, 15) is 0 Å². The van der Waals surface area contributed by atoms with Gasteiger partial charge in [0.2, 0.25) is 0 Å². The van der Waals surface area contributed by atoms with Crippen LogP contribution in [0.2, 0.25) is 0 Å². The van der Waals surface area contributed by atoms with E-state index in [0.29, 0.717) is 5.92 Å². The number of nitrogens with one attached hydrogen (secondary N) is 1. The summed E-state index contributed by atoms with van der Waals surface area (Å²) < 4.78 is 5.28. The molecule has 1 saturated heterocycles. The smallest absolute Gasteiger partial charge is 0.193 e. The maximum absolute atomic E-state index is 5.28. The summed E-state index contributed by atoms with van der Waals surface area (Å²) in [4.78, 5) is 6.79. The fourth-order valence-corrected chi connectivity index (χ4v) is 3.55. The lowest BCUT2D eigenvalue weighted by Gasteiger charge is -2.21. The van der Waals surface area contributed by atoms with Gasteiger partial charge in [-0.25, -0.2) is 0 Å². The molecule has 0 amide bonds. The minimum Gasteiger partial charge on any atom is -0.384 e. The molecule has 1 aliphatic rings. The van der Waals surface area contributed by atoms with Crippen molar-refractivity contribution in [1.82, 2.24) is 10.2 Å². The van der Waals surface area contributed by atoms with E-state index in [-0.39, 0.29) is 0 Å². The van der Waals surface area contributed by atoms with Crippen LogP contribution in [0, 0.1) is 5.92 Å². The Bertz CT molecular complexity index is 693. The minimum absolute atomic E-state index is 0.617. The number of nitrogens with zero attached hydrogens (tertiary/aromatic N) is 2. The number of benzene rings is 2. The van der Waals surface area contributed by atoms with Crippen molar-refractivity contribution < 1.29 is 4.74 Å². The first-order chi connectivity index (χ1) is 11.8. The van der Waals surface area contributed by atoms with Crippen molar-refractivity contribution in [1.29, 1.82) is 0 Å². The highest BCUT2D eigenvalue weighted by atomic mass is 16.5. The van der Waals surface area contributed by atoms with Crippen molar-refractivity contribution in [2.45, 2.75) is 12.8 Å². The molecule has 1 fully saturated rings. The first-order valence-corrected chi connectivity index (χ1v) is 8.73. The molecule has 0 radical (unpaired) electrons. The van der Waals surface area contributed by atoms with E-state index < -0.39 is 0 Å². The molecule has 1 atom stereocenters. The Morgan fingerprint density at radius 2 is 2.08 bits per heavy atom. The van der Waals surface area contributed by atoms with Crippen LogP contribution in [0.5, 0.6) is 0 Å². The number of likely N-dealkylation sites (tertiary alicyclic amines) is 1. The summed E-state index contributed by atoms with van der Waals surface area (Å²) in [5, 5.41) is 6.17. The highest BCUT2D eigenvalue weighted by Crippen LogP contribution is 2.19. The normalized spacial score (nSPS) is 18.3. The maximum Gasteiger partial charge on any atom is 0.193 e. The molecule has 24 heavy (non-hydrogen) atoms. The van der Waals surface area contributed by atoms with E-state index in [1.54, 1.807) is 7.11 Å². The third kappa shape index (κ3) is 3.88. The van der Waals surface area contributed by atoms with Crippen molar-refractivity contribution in [2.75, 3.05) is 40.4 Å². The van der Waals surface area contributed by atoms with Crippen LogP contribution in [0.15, 0.2) is 47.5 Å². The second-order valence-corrected chi connectivity index (χ2v) is 6.42. The molecule has 4 heteroatoms. The Labute approximate surface area is 144 Å². The van der Waals surface area contributed by atoms with Crippen LogP contribution >= 0.6 is 0 Å². The molecular weight excluding hydrogens is 298 g/mol. The molecular formula is C20H27N3O. The summed E-state index contributed by atoms with van der Waals surface area (Å²) >= 11 is 0. The minimum atomic E-state index is 0.617. The lowest BCUT2D eigenvalue weighted by atomic mass is 10.0. The van der Waals surface area contributed by atoms with E-state index in [0.717, 1.165) is 38.6 Å². The number of guanidine groups is 1. The summed E-state index contributed by atoms with van der Waals surface area (Å²) in [5.41, 5.74) is 1.38. The molecule has 0 aliphatic carbocycles. The van der Waals surface area contributed by atoms with E-state index in [1.165, 1.54) is 22.8 Å². The Balaban J connectivity index is 1.57. The predicted molar refractivity (Wildman–Crippen MR) is 101 cm³/mol. The van der Waals surface area contributed by atoms with Gasteiger partial charge >= 0.3 is 0 Å². The van der Waals surface area contributed by atoms with Crippen molar-refractivity contribution in [3.63, 3.8) is 0 Å². The number of hydrogen-bond acceptors (Lipinski definition) is 2. The van der Waals surface area contributed by atoms with Crippen molar-refractivity contribution >= 4 is 16.7 Å². The second kappa shape index (κ2) is 8.15. The van der Waals surface area contributed by atoms with Gasteiger partial charge in [0.15, 0.2) is 5.96 Å². The lowest BCUT2D eigenvalue weighted by molar-refractivity contribution is 0.157. The van der Waals surface area contributed by atoms with Gasteiger partial charge in [0.05, 0.1) is 6.61 Å². The van der Waals surface area contributed by atoms with Gasteiger partial charge in [0.25, 0.3) is 0 Å². The zero-order valence-corrected chi connectivity index (χ0v) is 14.7. The molecule has 2 aromatic carbocycles. The van der Waals surface area contributed by atoms with Crippen LogP contribution in [-0.2, 0) is 11.2 Å². The van der Waals surface area contributed by atoms with E-state index in [2.05, 4.69) is 57.7 Å². The summed E-state index contributed by atoms with van der Waals surface area (Å²) in [6, 6.07) is 15.1. The topological polar surface area (TPSA) is 36.9 Å². The van der Waals surface area contributed by atoms with Gasteiger partial charge in [-0.1, -0.05) is 42.5 Å². The number of fused-ring (bicyclic) bond motifs is 1. The molecule has 3 rings (SSSR count). The van der Waals surface area contributed by atoms with Gasteiger partial charge in [-0.2, -0.15) is 0 Å². The van der Waals surface area contributed by atoms with Crippen molar-refractivity contribution in [3.05, 3.63) is 48.0 Å². The fourth-order valence-electron chi connectivity index (χ4n) is 3.55. The third-order valence-electron chi connectivity index (χ3n) is 4.76. The molecule has 0 bridgehead atoms. The predicted octanol–water partition coefficient (Wildman–Crippen LogP) is 2.93. The molecule has 4 nitrogen and oxygen atoms in total. The van der Waals surface area contributed by atoms with Crippen LogP contribution in [0.25, 0.3) is 10.8 Å². The van der Waals surface area contributed by atoms with Crippen molar-refractivity contribution in [3.8, 4) is 0 Å². The number of hydrogen-bond donors (Lipinski definition) is 1. The number of ether oxygens (including phenoxy) is 1. The average Bonchev–Trinajstić information content (AvgIpc) is 3.07. The van der Waals surface area contributed by atoms with Crippen molar-refractivity contribution in [2.24, 2.45) is 10.9 Å². The largest absolute Gasteiger partial charge is 0.384 e. The molecule has 1 aliphatic heterocycles. The molecule has 0 spiro atoms. The zero-order chi connectivity index (χ0) is 16.8. The number of aliphatic imine (C=N–C) groups is 1. The second-order valence-electron chi connectivity index (χ2n) is 6.42. The Hall–Kier alpha value is -2.07. The van der Waals surface area contributed by atoms with E-state index in [1.807, 2.05) is 7.05 Å². The van der Waals surface area contributed by atoms with Gasteiger partial charge in [0, 0.05) is 39.7 Å². The molecule has 0 aromatic heterocycles. The monoisotopic (exact) mass is 325 g/mol. The standard InChI is InChI=1S/C20H27N3O/c1-21-20(23-13-11-16(14-23)15-24-2)22-12-10-18-8-5-7-17-6-3-4-9-19(17)18/h3-9,16H,10-15H2,1-2H3,(H,21,22). The van der Waals surface area contributed by atoms with Gasteiger partial charge in [0.1, 0.15) is 0 Å². The summed E-state index contributed by atoms with van der Waals surface area (Å²) in [5.74, 6) is 1.63. The summed E-state index contributed by atoms with van der Waals surface area (Å²) in [6.45, 7) is 3.82. The quantitative estimate of drug-likeness (QED) is 0.678. The zero-order valence-electron chi connectivity index (χ0n) is 14.7. The van der Waals surface area contributed by atoms with Gasteiger partial charge in [-0.15, -0.1) is 0 Å². The van der Waals surface area contributed by atoms with Crippen LogP contribution in [0.4, 0.5) is 0 Å². The molecule has 2 aromatic rings. The highest BCUT2D eigenvalue weighted by molar-refractivity contribution is 5.85.